The van der Waals surface area contributed by atoms with E-state index < -0.39 is 23.4 Å². The zero-order valence-electron chi connectivity index (χ0n) is 6.35. The summed E-state index contributed by atoms with van der Waals surface area (Å²) >= 11 is 0. The highest BCUT2D eigenvalue weighted by Gasteiger charge is 2.40. The number of nitriles is 1. The highest BCUT2D eigenvalue weighted by molar-refractivity contribution is 5.33. The Hall–Kier alpha value is -1.58. The van der Waals surface area contributed by atoms with Crippen LogP contribution in [-0.4, -0.2) is 9.78 Å². The van der Waals surface area contributed by atoms with Crippen molar-refractivity contribution in [2.45, 2.75) is 6.18 Å². The lowest BCUT2D eigenvalue weighted by Crippen LogP contribution is -2.09. The first kappa shape index (κ1) is 9.51. The van der Waals surface area contributed by atoms with Gasteiger partial charge < -0.3 is 0 Å². The second-order valence-corrected chi connectivity index (χ2v) is 2.25. The van der Waals surface area contributed by atoms with Crippen molar-refractivity contribution in [2.75, 3.05) is 0 Å². The second kappa shape index (κ2) is 2.73. The fourth-order valence-corrected chi connectivity index (χ4v) is 0.871. The number of halogens is 4. The van der Waals surface area contributed by atoms with Crippen molar-refractivity contribution in [2.24, 2.45) is 7.05 Å². The fraction of sp³-hybridized carbons (Fsp3) is 0.333. The number of alkyl halides is 3. The van der Waals surface area contributed by atoms with E-state index in [1.807, 2.05) is 0 Å². The van der Waals surface area contributed by atoms with Crippen molar-refractivity contribution in [1.29, 1.82) is 5.26 Å². The molecule has 0 saturated heterocycles. The molecular formula is C6H3F4N3. The van der Waals surface area contributed by atoms with E-state index in [-0.39, 0.29) is 0 Å². The summed E-state index contributed by atoms with van der Waals surface area (Å²) in [6.45, 7) is 0. The van der Waals surface area contributed by atoms with Crippen LogP contribution in [0.5, 0.6) is 0 Å². The van der Waals surface area contributed by atoms with Crippen LogP contribution in [0, 0.1) is 17.3 Å². The van der Waals surface area contributed by atoms with Crippen LogP contribution in [0.2, 0.25) is 0 Å². The number of aromatic nitrogens is 2. The normalized spacial score (nSPS) is 11.4. The largest absolute Gasteiger partial charge is 0.423 e. The summed E-state index contributed by atoms with van der Waals surface area (Å²) in [5, 5.41) is 11.2. The Bertz CT molecular complexity index is 370. The van der Waals surface area contributed by atoms with Crippen LogP contribution in [0.1, 0.15) is 11.3 Å². The molecule has 0 radical (unpaired) electrons. The van der Waals surface area contributed by atoms with Crippen LogP contribution in [-0.2, 0) is 13.2 Å². The first-order valence-electron chi connectivity index (χ1n) is 3.07. The van der Waals surface area contributed by atoms with E-state index in [0.717, 1.165) is 7.05 Å². The topological polar surface area (TPSA) is 41.6 Å². The number of hydrogen-bond acceptors (Lipinski definition) is 2. The van der Waals surface area contributed by atoms with E-state index in [0.29, 0.717) is 4.68 Å². The predicted octanol–water partition coefficient (Wildman–Crippen LogP) is 1.45. The standard InChI is InChI=1S/C6H3F4N3/c1-13-3(2-11)4(5(7)12-13)6(8,9)10/h1H3. The maximum absolute atomic E-state index is 12.6. The molecule has 0 spiro atoms. The Morgan fingerprint density at radius 3 is 2.31 bits per heavy atom. The average Bonchev–Trinajstić information content (AvgIpc) is 2.23. The van der Waals surface area contributed by atoms with Crippen molar-refractivity contribution < 1.29 is 17.6 Å². The van der Waals surface area contributed by atoms with Crippen molar-refractivity contribution in [3.8, 4) is 6.07 Å². The van der Waals surface area contributed by atoms with Gasteiger partial charge in [0.1, 0.15) is 11.6 Å². The van der Waals surface area contributed by atoms with Crippen LogP contribution in [0.25, 0.3) is 0 Å². The van der Waals surface area contributed by atoms with Gasteiger partial charge in [0.05, 0.1) is 0 Å². The van der Waals surface area contributed by atoms with Crippen molar-refractivity contribution in [3.63, 3.8) is 0 Å². The molecule has 0 N–H and O–H groups in total. The first-order valence-corrected chi connectivity index (χ1v) is 3.07. The summed E-state index contributed by atoms with van der Waals surface area (Å²) in [5.74, 6) is -1.67. The summed E-state index contributed by atoms with van der Waals surface area (Å²) in [7, 11) is 1.07. The van der Waals surface area contributed by atoms with Gasteiger partial charge in [-0.1, -0.05) is 0 Å². The quantitative estimate of drug-likeness (QED) is 0.585. The fourth-order valence-electron chi connectivity index (χ4n) is 0.871. The summed E-state index contributed by atoms with van der Waals surface area (Å²) < 4.78 is 49.3. The number of nitrogens with zero attached hydrogens (tertiary/aromatic N) is 3. The van der Waals surface area contributed by atoms with Crippen LogP contribution in [0.15, 0.2) is 0 Å². The molecule has 1 aromatic heterocycles. The summed E-state index contributed by atoms with van der Waals surface area (Å²) in [6, 6.07) is 1.23. The van der Waals surface area contributed by atoms with E-state index in [1.54, 1.807) is 0 Å². The molecule has 13 heavy (non-hydrogen) atoms. The Morgan fingerprint density at radius 1 is 1.46 bits per heavy atom. The van der Waals surface area contributed by atoms with E-state index in [2.05, 4.69) is 5.10 Å². The Labute approximate surface area is 70.2 Å². The Kier molecular flexibility index (Phi) is 1.99. The molecule has 1 aromatic rings. The molecule has 7 heteroatoms. The van der Waals surface area contributed by atoms with Gasteiger partial charge in [0.2, 0.25) is 5.95 Å². The van der Waals surface area contributed by atoms with E-state index in [4.69, 9.17) is 5.26 Å². The summed E-state index contributed by atoms with van der Waals surface area (Å²) in [4.78, 5) is 0. The monoisotopic (exact) mass is 193 g/mol. The maximum atomic E-state index is 12.6. The number of hydrogen-bond donors (Lipinski definition) is 0. The highest BCUT2D eigenvalue weighted by Crippen LogP contribution is 2.33. The molecule has 0 aliphatic heterocycles. The smallest absolute Gasteiger partial charge is 0.254 e. The lowest BCUT2D eigenvalue weighted by molar-refractivity contribution is -0.140. The van der Waals surface area contributed by atoms with Crippen molar-refractivity contribution in [3.05, 3.63) is 17.2 Å². The first-order chi connectivity index (χ1) is 5.88. The molecule has 0 saturated carbocycles. The SMILES string of the molecule is Cn1nc(F)c(C(F)(F)F)c1C#N. The van der Waals surface area contributed by atoms with Crippen LogP contribution < -0.4 is 0 Å². The van der Waals surface area contributed by atoms with Crippen LogP contribution in [0.4, 0.5) is 17.6 Å². The molecule has 0 amide bonds. The molecule has 0 aliphatic carbocycles. The minimum Gasteiger partial charge on any atom is -0.254 e. The molecule has 70 valence electrons. The molecule has 1 heterocycles. The zero-order chi connectivity index (χ0) is 10.2. The van der Waals surface area contributed by atoms with Gasteiger partial charge in [-0.2, -0.15) is 22.8 Å². The average molecular weight is 193 g/mol. The van der Waals surface area contributed by atoms with Gasteiger partial charge in [0.15, 0.2) is 5.69 Å². The molecule has 0 fully saturated rings. The number of rotatable bonds is 0. The number of aryl methyl sites for hydroxylation is 1. The molecule has 0 aromatic carbocycles. The Morgan fingerprint density at radius 2 is 2.00 bits per heavy atom. The van der Waals surface area contributed by atoms with Gasteiger partial charge in [0, 0.05) is 7.05 Å². The van der Waals surface area contributed by atoms with Gasteiger partial charge in [-0.05, 0) is 0 Å². The summed E-state index contributed by atoms with van der Waals surface area (Å²) in [6.07, 6.45) is -4.89. The zero-order valence-corrected chi connectivity index (χ0v) is 6.35. The minimum atomic E-state index is -4.89. The molecule has 0 unspecified atom stereocenters. The van der Waals surface area contributed by atoms with E-state index in [9.17, 15) is 17.6 Å². The minimum absolute atomic E-state index is 0.554. The molecule has 3 nitrogen and oxygen atoms in total. The van der Waals surface area contributed by atoms with Crippen LogP contribution in [0.3, 0.4) is 0 Å². The second-order valence-electron chi connectivity index (χ2n) is 2.25. The van der Waals surface area contributed by atoms with Crippen LogP contribution >= 0.6 is 0 Å². The third-order valence-electron chi connectivity index (χ3n) is 1.39. The van der Waals surface area contributed by atoms with Gasteiger partial charge >= 0.3 is 6.18 Å². The Balaban J connectivity index is 3.45. The molecule has 0 aliphatic rings. The van der Waals surface area contributed by atoms with Gasteiger partial charge in [-0.3, -0.25) is 4.68 Å². The van der Waals surface area contributed by atoms with E-state index >= 15 is 0 Å². The molecule has 1 rings (SSSR count). The lowest BCUT2D eigenvalue weighted by atomic mass is 10.2. The van der Waals surface area contributed by atoms with E-state index in [1.165, 1.54) is 6.07 Å². The maximum Gasteiger partial charge on any atom is 0.423 e. The predicted molar refractivity (Wildman–Crippen MR) is 32.9 cm³/mol. The van der Waals surface area contributed by atoms with Gasteiger partial charge in [-0.15, -0.1) is 5.10 Å². The third-order valence-corrected chi connectivity index (χ3v) is 1.39. The van der Waals surface area contributed by atoms with Gasteiger partial charge in [-0.25, -0.2) is 0 Å². The third kappa shape index (κ3) is 1.47. The summed E-state index contributed by atoms with van der Waals surface area (Å²) in [5.41, 5.74) is -2.44. The van der Waals surface area contributed by atoms with Crippen molar-refractivity contribution in [1.82, 2.24) is 9.78 Å². The molecular weight excluding hydrogens is 190 g/mol. The lowest BCUT2D eigenvalue weighted by Gasteiger charge is -2.02. The molecule has 0 bridgehead atoms. The van der Waals surface area contributed by atoms with Gasteiger partial charge in [0.25, 0.3) is 0 Å². The highest BCUT2D eigenvalue weighted by atomic mass is 19.4. The molecule has 0 atom stereocenters. The van der Waals surface area contributed by atoms with Crippen molar-refractivity contribution >= 4 is 0 Å².